The van der Waals surface area contributed by atoms with Crippen LogP contribution < -0.4 is 5.73 Å². The van der Waals surface area contributed by atoms with Crippen LogP contribution >= 0.6 is 11.3 Å². The Morgan fingerprint density at radius 3 is 2.86 bits per heavy atom. The molecule has 0 aliphatic rings. The molecule has 0 aliphatic heterocycles. The van der Waals surface area contributed by atoms with Crippen molar-refractivity contribution in [2.75, 3.05) is 12.8 Å². The quantitative estimate of drug-likeness (QED) is 0.777. The number of hydrogen-bond donors (Lipinski definition) is 2. The molecule has 0 saturated carbocycles. The lowest BCUT2D eigenvalue weighted by atomic mass is 10.1. The third-order valence-corrected chi connectivity index (χ3v) is 4.47. The number of fused-ring (bicyclic) bond motifs is 1. The van der Waals surface area contributed by atoms with E-state index in [1.807, 2.05) is 26.0 Å². The maximum atomic E-state index is 12.6. The van der Waals surface area contributed by atoms with Gasteiger partial charge < -0.3 is 10.6 Å². The zero-order chi connectivity index (χ0) is 15.9. The Labute approximate surface area is 132 Å². The second-order valence-electron chi connectivity index (χ2n) is 5.37. The number of anilines is 1. The molecule has 114 valence electrons. The largest absolute Gasteiger partial charge is 0.375 e. The molecule has 0 atom stereocenters. The van der Waals surface area contributed by atoms with Gasteiger partial charge in [-0.1, -0.05) is 11.3 Å². The maximum absolute atomic E-state index is 12.6. The van der Waals surface area contributed by atoms with Crippen LogP contribution in [0, 0.1) is 13.8 Å². The van der Waals surface area contributed by atoms with Crippen LogP contribution in [-0.2, 0) is 6.54 Å². The smallest absolute Gasteiger partial charge is 0.253 e. The van der Waals surface area contributed by atoms with Crippen LogP contribution in [0.25, 0.3) is 10.2 Å². The topological polar surface area (TPSA) is 87.9 Å². The van der Waals surface area contributed by atoms with E-state index in [2.05, 4.69) is 15.2 Å². The molecule has 7 heteroatoms. The van der Waals surface area contributed by atoms with Crippen molar-refractivity contribution < 1.29 is 4.79 Å². The Morgan fingerprint density at radius 2 is 2.18 bits per heavy atom. The molecule has 2 aromatic heterocycles. The third kappa shape index (κ3) is 2.55. The first-order chi connectivity index (χ1) is 10.5. The summed E-state index contributed by atoms with van der Waals surface area (Å²) in [7, 11) is 1.79. The average molecular weight is 315 g/mol. The van der Waals surface area contributed by atoms with E-state index in [0.717, 1.165) is 27.0 Å². The molecule has 3 aromatic rings. The van der Waals surface area contributed by atoms with Crippen molar-refractivity contribution in [3.8, 4) is 0 Å². The van der Waals surface area contributed by atoms with Crippen molar-refractivity contribution in [3.63, 3.8) is 0 Å². The maximum Gasteiger partial charge on any atom is 0.253 e. The number of rotatable bonds is 3. The van der Waals surface area contributed by atoms with E-state index in [-0.39, 0.29) is 5.91 Å². The molecule has 0 fully saturated rings. The van der Waals surface area contributed by atoms with Crippen LogP contribution in [0.2, 0.25) is 0 Å². The highest BCUT2D eigenvalue weighted by atomic mass is 32.1. The number of amides is 1. The number of aryl methyl sites for hydroxylation is 2. The summed E-state index contributed by atoms with van der Waals surface area (Å²) in [6, 6.07) is 3.72. The molecular weight excluding hydrogens is 298 g/mol. The third-order valence-electron chi connectivity index (χ3n) is 3.64. The molecule has 6 nitrogen and oxygen atoms in total. The summed E-state index contributed by atoms with van der Waals surface area (Å²) in [6.07, 6.45) is 1.75. The van der Waals surface area contributed by atoms with Gasteiger partial charge in [-0.15, -0.1) is 0 Å². The molecule has 0 aliphatic carbocycles. The average Bonchev–Trinajstić information content (AvgIpc) is 3.04. The lowest BCUT2D eigenvalue weighted by Gasteiger charge is -2.17. The van der Waals surface area contributed by atoms with Crippen LogP contribution in [0.4, 0.5) is 5.13 Å². The van der Waals surface area contributed by atoms with Crippen molar-refractivity contribution in [2.45, 2.75) is 20.4 Å². The van der Waals surface area contributed by atoms with Gasteiger partial charge in [-0.2, -0.15) is 5.10 Å². The summed E-state index contributed by atoms with van der Waals surface area (Å²) in [6.45, 7) is 4.40. The number of benzene rings is 1. The van der Waals surface area contributed by atoms with Crippen molar-refractivity contribution in [1.29, 1.82) is 0 Å². The first kappa shape index (κ1) is 14.5. The van der Waals surface area contributed by atoms with E-state index in [9.17, 15) is 4.79 Å². The lowest BCUT2D eigenvalue weighted by Crippen LogP contribution is -2.26. The number of nitrogen functional groups attached to an aromatic ring is 1. The number of aromatic amines is 1. The van der Waals surface area contributed by atoms with E-state index in [1.54, 1.807) is 18.1 Å². The molecule has 0 radical (unpaired) electrons. The second kappa shape index (κ2) is 5.42. The fourth-order valence-electron chi connectivity index (χ4n) is 2.42. The summed E-state index contributed by atoms with van der Waals surface area (Å²) in [4.78, 5) is 18.6. The summed E-state index contributed by atoms with van der Waals surface area (Å²) in [5, 5.41) is 7.38. The summed E-state index contributed by atoms with van der Waals surface area (Å²) < 4.78 is 0.939. The van der Waals surface area contributed by atoms with Gasteiger partial charge in [-0.3, -0.25) is 9.89 Å². The monoisotopic (exact) mass is 315 g/mol. The Morgan fingerprint density at radius 1 is 1.41 bits per heavy atom. The van der Waals surface area contributed by atoms with Gasteiger partial charge in [0.15, 0.2) is 5.13 Å². The minimum atomic E-state index is -0.0300. The second-order valence-corrected chi connectivity index (χ2v) is 6.44. The van der Waals surface area contributed by atoms with Gasteiger partial charge in [0.25, 0.3) is 5.91 Å². The van der Waals surface area contributed by atoms with Crippen LogP contribution in [0.5, 0.6) is 0 Å². The first-order valence-corrected chi connectivity index (χ1v) is 7.68. The van der Waals surface area contributed by atoms with Crippen molar-refractivity contribution in [1.82, 2.24) is 20.1 Å². The zero-order valence-electron chi connectivity index (χ0n) is 12.7. The summed E-state index contributed by atoms with van der Waals surface area (Å²) in [5.41, 5.74) is 10.2. The van der Waals surface area contributed by atoms with Gasteiger partial charge in [0.1, 0.15) is 0 Å². The molecule has 0 bridgehead atoms. The van der Waals surface area contributed by atoms with Crippen LogP contribution in [0.3, 0.4) is 0 Å². The molecule has 2 heterocycles. The molecule has 1 amide bonds. The molecular formula is C15H17N5OS. The molecule has 3 N–H and O–H groups in total. The van der Waals surface area contributed by atoms with E-state index < -0.39 is 0 Å². The lowest BCUT2D eigenvalue weighted by molar-refractivity contribution is 0.0785. The van der Waals surface area contributed by atoms with Gasteiger partial charge in [0.05, 0.1) is 16.4 Å². The number of H-pyrrole nitrogens is 1. The number of nitrogens with one attached hydrogen (secondary N) is 1. The number of thiazole rings is 1. The minimum Gasteiger partial charge on any atom is -0.375 e. The first-order valence-electron chi connectivity index (χ1n) is 6.86. The Hall–Kier alpha value is -2.41. The van der Waals surface area contributed by atoms with Crippen molar-refractivity contribution in [3.05, 3.63) is 40.7 Å². The van der Waals surface area contributed by atoms with Gasteiger partial charge in [-0.05, 0) is 31.5 Å². The van der Waals surface area contributed by atoms with Gasteiger partial charge in [0.2, 0.25) is 0 Å². The van der Waals surface area contributed by atoms with Gasteiger partial charge in [-0.25, -0.2) is 4.98 Å². The Bertz CT molecular complexity index is 851. The SMILES string of the molecule is Cc1[nH]ncc1CN(C)C(=O)c1cc(C)c2nc(N)sc2c1. The van der Waals surface area contributed by atoms with Crippen LogP contribution in [0.1, 0.15) is 27.2 Å². The fourth-order valence-corrected chi connectivity index (χ4v) is 3.27. The van der Waals surface area contributed by atoms with Gasteiger partial charge in [0, 0.05) is 30.4 Å². The van der Waals surface area contributed by atoms with E-state index in [4.69, 9.17) is 5.73 Å². The van der Waals surface area contributed by atoms with E-state index in [0.29, 0.717) is 17.2 Å². The number of aromatic nitrogens is 3. The summed E-state index contributed by atoms with van der Waals surface area (Å²) in [5.74, 6) is -0.0300. The summed E-state index contributed by atoms with van der Waals surface area (Å²) >= 11 is 1.40. The molecule has 3 rings (SSSR count). The highest BCUT2D eigenvalue weighted by Gasteiger charge is 2.16. The molecule has 0 spiro atoms. The predicted molar refractivity (Wildman–Crippen MR) is 87.9 cm³/mol. The number of nitrogens with zero attached hydrogens (tertiary/aromatic N) is 3. The Kier molecular flexibility index (Phi) is 3.58. The number of carbonyl (C=O) groups excluding carboxylic acids is 1. The zero-order valence-corrected chi connectivity index (χ0v) is 13.5. The van der Waals surface area contributed by atoms with Gasteiger partial charge >= 0.3 is 0 Å². The molecule has 0 saturated heterocycles. The van der Waals surface area contributed by atoms with E-state index >= 15 is 0 Å². The molecule has 0 unspecified atom stereocenters. The van der Waals surface area contributed by atoms with Crippen LogP contribution in [0.15, 0.2) is 18.3 Å². The number of nitrogens with two attached hydrogens (primary N) is 1. The highest BCUT2D eigenvalue weighted by molar-refractivity contribution is 7.22. The fraction of sp³-hybridized carbons (Fsp3) is 0.267. The minimum absolute atomic E-state index is 0.0300. The molecule has 1 aromatic carbocycles. The number of hydrogen-bond acceptors (Lipinski definition) is 5. The predicted octanol–water partition coefficient (Wildman–Crippen LogP) is 2.49. The normalized spacial score (nSPS) is 11.0. The number of carbonyl (C=O) groups is 1. The highest BCUT2D eigenvalue weighted by Crippen LogP contribution is 2.28. The van der Waals surface area contributed by atoms with E-state index in [1.165, 1.54) is 11.3 Å². The standard InChI is InChI=1S/C15H17N5OS/c1-8-4-10(5-12-13(8)18-15(16)22-12)14(21)20(3)7-11-6-17-19-9(11)2/h4-6H,7H2,1-3H3,(H2,16,18)(H,17,19). The van der Waals surface area contributed by atoms with Crippen LogP contribution in [-0.4, -0.2) is 33.0 Å². The Balaban J connectivity index is 1.89. The van der Waals surface area contributed by atoms with Crippen molar-refractivity contribution in [2.24, 2.45) is 0 Å². The van der Waals surface area contributed by atoms with Crippen molar-refractivity contribution >= 4 is 32.6 Å². The molecule has 22 heavy (non-hydrogen) atoms.